The average Bonchev–Trinajstić information content (AvgIpc) is 2.88. The third kappa shape index (κ3) is 8.05. The Balaban J connectivity index is 1.47. The fourth-order valence-corrected chi connectivity index (χ4v) is 4.95. The lowest BCUT2D eigenvalue weighted by atomic mass is 9.96. The molecule has 0 saturated carbocycles. The molecule has 8 nitrogen and oxygen atoms in total. The average molecular weight is 612 g/mol. The first-order valence-electron chi connectivity index (χ1n) is 12.9. The molecule has 0 bridgehead atoms. The minimum Gasteiger partial charge on any atom is -0.444 e. The first-order chi connectivity index (χ1) is 19.0. The highest BCUT2D eigenvalue weighted by atomic mass is 79.9. The number of anilines is 2. The zero-order valence-corrected chi connectivity index (χ0v) is 24.2. The van der Waals surface area contributed by atoms with Crippen LogP contribution in [0.25, 0.3) is 0 Å². The van der Waals surface area contributed by atoms with Gasteiger partial charge in [0, 0.05) is 35.4 Å². The first-order valence-corrected chi connectivity index (χ1v) is 13.7. The number of hydrogen-bond donors (Lipinski definition) is 3. The summed E-state index contributed by atoms with van der Waals surface area (Å²) in [5.41, 5.74) is 3.13. The zero-order chi connectivity index (χ0) is 28.9. The van der Waals surface area contributed by atoms with Crippen molar-refractivity contribution in [3.8, 4) is 0 Å². The Morgan fingerprint density at radius 1 is 1.02 bits per heavy atom. The minimum atomic E-state index is -0.825. The van der Waals surface area contributed by atoms with Gasteiger partial charge >= 0.3 is 12.1 Å². The van der Waals surface area contributed by atoms with Gasteiger partial charge in [-0.25, -0.2) is 14.0 Å². The first kappa shape index (κ1) is 29.1. The third-order valence-electron chi connectivity index (χ3n) is 6.25. The van der Waals surface area contributed by atoms with Crippen LogP contribution < -0.4 is 16.0 Å². The molecular weight excluding hydrogens is 579 g/mol. The van der Waals surface area contributed by atoms with Gasteiger partial charge in [-0.15, -0.1) is 0 Å². The second kappa shape index (κ2) is 12.5. The highest BCUT2D eigenvalue weighted by Gasteiger charge is 2.31. The van der Waals surface area contributed by atoms with Gasteiger partial charge in [0.15, 0.2) is 0 Å². The van der Waals surface area contributed by atoms with Crippen LogP contribution in [0, 0.1) is 5.82 Å². The van der Waals surface area contributed by atoms with E-state index < -0.39 is 23.8 Å². The van der Waals surface area contributed by atoms with Crippen molar-refractivity contribution in [2.75, 3.05) is 17.2 Å². The highest BCUT2D eigenvalue weighted by molar-refractivity contribution is 9.10. The van der Waals surface area contributed by atoms with Crippen LogP contribution in [-0.4, -0.2) is 41.1 Å². The molecule has 0 aromatic heterocycles. The molecule has 0 spiro atoms. The molecule has 4 amide bonds. The maximum atomic E-state index is 13.7. The Kier molecular flexibility index (Phi) is 9.09. The van der Waals surface area contributed by atoms with Crippen LogP contribution in [0.3, 0.4) is 0 Å². The van der Waals surface area contributed by atoms with Gasteiger partial charge in [-0.05, 0) is 86.3 Å². The molecule has 1 atom stereocenters. The smallest absolute Gasteiger partial charge is 0.408 e. The van der Waals surface area contributed by atoms with Crippen molar-refractivity contribution in [1.29, 1.82) is 0 Å². The van der Waals surface area contributed by atoms with E-state index in [0.29, 0.717) is 37.3 Å². The van der Waals surface area contributed by atoms with Gasteiger partial charge < -0.3 is 25.6 Å². The Bertz CT molecular complexity index is 1390. The summed E-state index contributed by atoms with van der Waals surface area (Å²) in [6.45, 7) is 6.05. The Morgan fingerprint density at radius 3 is 2.45 bits per heavy atom. The van der Waals surface area contributed by atoms with E-state index >= 15 is 0 Å². The molecule has 0 saturated heterocycles. The number of rotatable bonds is 6. The van der Waals surface area contributed by atoms with Crippen LogP contribution in [0.15, 0.2) is 71.2 Å². The number of nitrogens with one attached hydrogen (secondary N) is 3. The van der Waals surface area contributed by atoms with E-state index in [2.05, 4.69) is 31.9 Å². The predicted molar refractivity (Wildman–Crippen MR) is 156 cm³/mol. The normalized spacial score (nSPS) is 13.6. The van der Waals surface area contributed by atoms with E-state index in [1.165, 1.54) is 24.3 Å². The van der Waals surface area contributed by atoms with Crippen molar-refractivity contribution in [2.45, 2.75) is 51.8 Å². The molecule has 1 aliphatic rings. The summed E-state index contributed by atoms with van der Waals surface area (Å²) in [5.74, 6) is -0.605. The van der Waals surface area contributed by atoms with Gasteiger partial charge in [-0.2, -0.15) is 0 Å². The van der Waals surface area contributed by atoms with E-state index in [4.69, 9.17) is 4.74 Å². The lowest BCUT2D eigenvalue weighted by Crippen LogP contribution is -2.51. The van der Waals surface area contributed by atoms with Crippen LogP contribution in [0.5, 0.6) is 0 Å². The van der Waals surface area contributed by atoms with Gasteiger partial charge in [-0.3, -0.25) is 4.79 Å². The van der Waals surface area contributed by atoms with Crippen LogP contribution >= 0.6 is 15.9 Å². The number of benzene rings is 3. The number of hydrogen-bond acceptors (Lipinski definition) is 4. The maximum absolute atomic E-state index is 13.7. The molecule has 3 aromatic carbocycles. The summed E-state index contributed by atoms with van der Waals surface area (Å²) in [6.07, 6.45) is 0.160. The maximum Gasteiger partial charge on any atom is 0.408 e. The number of fused-ring (bicyclic) bond motifs is 1. The Labute approximate surface area is 241 Å². The number of carbonyl (C=O) groups is 3. The zero-order valence-electron chi connectivity index (χ0n) is 22.6. The number of halogens is 2. The Morgan fingerprint density at radius 2 is 1.75 bits per heavy atom. The fourth-order valence-electron chi connectivity index (χ4n) is 4.50. The van der Waals surface area contributed by atoms with Gasteiger partial charge in [0.2, 0.25) is 5.91 Å². The predicted octanol–water partition coefficient (Wildman–Crippen LogP) is 6.25. The number of urea groups is 1. The summed E-state index contributed by atoms with van der Waals surface area (Å²) >= 11 is 3.46. The fraction of sp³-hybridized carbons (Fsp3) is 0.300. The van der Waals surface area contributed by atoms with Crippen LogP contribution in [0.4, 0.5) is 25.4 Å². The molecule has 4 rings (SSSR count). The topological polar surface area (TPSA) is 99.8 Å². The van der Waals surface area contributed by atoms with Gasteiger partial charge in [0.25, 0.3) is 0 Å². The SMILES string of the molecule is CC(C)(C)OC(=O)NC(Cc1cccc(Br)c1)C(=O)N1CCc2c(cccc2NC(=O)Nc2ccc(F)cc2)C1. The monoisotopic (exact) mass is 610 g/mol. The van der Waals surface area contributed by atoms with Crippen molar-refractivity contribution < 1.29 is 23.5 Å². The lowest BCUT2D eigenvalue weighted by molar-refractivity contribution is -0.134. The van der Waals surface area contributed by atoms with E-state index in [9.17, 15) is 18.8 Å². The van der Waals surface area contributed by atoms with Crippen LogP contribution in [0.1, 0.15) is 37.5 Å². The summed E-state index contributed by atoms with van der Waals surface area (Å²) in [7, 11) is 0. The summed E-state index contributed by atoms with van der Waals surface area (Å²) in [4.78, 5) is 40.6. The second-order valence-corrected chi connectivity index (χ2v) is 11.5. The molecule has 3 N–H and O–H groups in total. The van der Waals surface area contributed by atoms with E-state index in [0.717, 1.165) is 21.2 Å². The van der Waals surface area contributed by atoms with E-state index in [1.807, 2.05) is 36.4 Å². The standard InChI is InChI=1S/C30H32BrFN4O4/c1-30(2,3)40-29(39)35-26(17-19-6-4-8-21(31)16-19)27(37)36-15-14-24-20(18-36)7-5-9-25(24)34-28(38)33-23-12-10-22(32)11-13-23/h4-13,16,26H,14-15,17-18H2,1-3H3,(H,35,39)(H2,33,34,38). The largest absolute Gasteiger partial charge is 0.444 e. The lowest BCUT2D eigenvalue weighted by Gasteiger charge is -2.33. The number of ether oxygens (including phenoxy) is 1. The van der Waals surface area contributed by atoms with E-state index in [-0.39, 0.29) is 11.7 Å². The van der Waals surface area contributed by atoms with Gasteiger partial charge in [0.05, 0.1) is 0 Å². The third-order valence-corrected chi connectivity index (χ3v) is 6.74. The van der Waals surface area contributed by atoms with Crippen molar-refractivity contribution in [3.63, 3.8) is 0 Å². The molecule has 0 aliphatic carbocycles. The molecule has 3 aromatic rings. The van der Waals surface area contributed by atoms with E-state index in [1.54, 1.807) is 31.7 Å². The summed E-state index contributed by atoms with van der Waals surface area (Å²) < 4.78 is 19.5. The Hall–Kier alpha value is -3.92. The molecule has 210 valence electrons. The quantitative estimate of drug-likeness (QED) is 0.307. The number of carbonyl (C=O) groups excluding carboxylic acids is 3. The number of nitrogens with zero attached hydrogens (tertiary/aromatic N) is 1. The molecule has 0 fully saturated rings. The van der Waals surface area contributed by atoms with Crippen molar-refractivity contribution in [3.05, 3.63) is 93.7 Å². The minimum absolute atomic E-state index is 0.219. The molecule has 1 aliphatic heterocycles. The number of alkyl carbamates (subject to hydrolysis) is 1. The molecule has 40 heavy (non-hydrogen) atoms. The van der Waals surface area contributed by atoms with Gasteiger partial charge in [-0.1, -0.05) is 40.2 Å². The molecule has 0 radical (unpaired) electrons. The summed E-state index contributed by atoms with van der Waals surface area (Å²) in [5, 5.41) is 8.32. The molecular formula is C30H32BrFN4O4. The van der Waals surface area contributed by atoms with Crippen LogP contribution in [0.2, 0.25) is 0 Å². The summed E-state index contributed by atoms with van der Waals surface area (Å²) in [6, 6.07) is 17.4. The molecule has 1 unspecified atom stereocenters. The van der Waals surface area contributed by atoms with Crippen molar-refractivity contribution in [1.82, 2.24) is 10.2 Å². The second-order valence-electron chi connectivity index (χ2n) is 10.6. The molecule has 1 heterocycles. The van der Waals surface area contributed by atoms with Crippen molar-refractivity contribution >= 4 is 45.3 Å². The van der Waals surface area contributed by atoms with Crippen LogP contribution in [-0.2, 0) is 28.9 Å². The van der Waals surface area contributed by atoms with Gasteiger partial charge in [0.1, 0.15) is 17.5 Å². The number of amides is 4. The van der Waals surface area contributed by atoms with Crippen molar-refractivity contribution in [2.24, 2.45) is 0 Å². The highest BCUT2D eigenvalue weighted by Crippen LogP contribution is 2.27. The molecule has 10 heteroatoms.